The van der Waals surface area contributed by atoms with Crippen molar-refractivity contribution in [2.75, 3.05) is 34.3 Å². The second-order valence-electron chi connectivity index (χ2n) is 7.29. The molecule has 0 spiro atoms. The topological polar surface area (TPSA) is 48.9 Å². The zero-order valence-electron chi connectivity index (χ0n) is 18.3. The van der Waals surface area contributed by atoms with Crippen molar-refractivity contribution >= 4 is 29.9 Å². The number of guanidine groups is 1. The van der Waals surface area contributed by atoms with Crippen LogP contribution in [-0.4, -0.2) is 45.2 Å². The maximum atomic E-state index is 13.9. The monoisotopic (exact) mass is 528 g/mol. The fraction of sp³-hybridized carbons (Fsp3) is 0.435. The molecule has 0 amide bonds. The van der Waals surface area contributed by atoms with Crippen molar-refractivity contribution in [1.82, 2.24) is 15.5 Å². The van der Waals surface area contributed by atoms with Crippen LogP contribution >= 0.6 is 24.0 Å². The second-order valence-corrected chi connectivity index (χ2v) is 7.29. The average molecular weight is 528 g/mol. The number of nitrogens with zero attached hydrogens (tertiary/aromatic N) is 2. The van der Waals surface area contributed by atoms with E-state index in [4.69, 9.17) is 4.74 Å². The Balaban J connectivity index is 0.00000450. The van der Waals surface area contributed by atoms with E-state index in [1.807, 2.05) is 43.3 Å². The number of nitrogens with one attached hydrogen (secondary N) is 2. The number of rotatable bonds is 10. The highest BCUT2D eigenvalue weighted by molar-refractivity contribution is 14.0. The van der Waals surface area contributed by atoms with E-state index in [1.54, 1.807) is 13.1 Å². The highest BCUT2D eigenvalue weighted by Crippen LogP contribution is 2.15. The van der Waals surface area contributed by atoms with Crippen molar-refractivity contribution in [2.45, 2.75) is 32.5 Å². The van der Waals surface area contributed by atoms with Gasteiger partial charge in [0.05, 0.1) is 6.10 Å². The van der Waals surface area contributed by atoms with Crippen LogP contribution in [0.4, 0.5) is 4.39 Å². The lowest BCUT2D eigenvalue weighted by Crippen LogP contribution is -2.37. The molecule has 0 aromatic heterocycles. The fourth-order valence-electron chi connectivity index (χ4n) is 2.97. The first-order valence-corrected chi connectivity index (χ1v) is 10.0. The Bertz CT molecular complexity index is 771. The molecule has 7 heteroatoms. The summed E-state index contributed by atoms with van der Waals surface area (Å²) in [7, 11) is 5.60. The van der Waals surface area contributed by atoms with Crippen molar-refractivity contribution in [3.05, 3.63) is 71.0 Å². The van der Waals surface area contributed by atoms with Crippen LogP contribution in [0.25, 0.3) is 0 Å². The molecule has 0 radical (unpaired) electrons. The van der Waals surface area contributed by atoms with Crippen molar-refractivity contribution in [3.8, 4) is 0 Å². The molecule has 0 aliphatic rings. The number of benzene rings is 2. The van der Waals surface area contributed by atoms with Gasteiger partial charge >= 0.3 is 0 Å². The highest BCUT2D eigenvalue weighted by Gasteiger charge is 2.07. The van der Waals surface area contributed by atoms with Crippen LogP contribution < -0.4 is 10.6 Å². The van der Waals surface area contributed by atoms with Gasteiger partial charge in [-0.3, -0.25) is 4.99 Å². The minimum Gasteiger partial charge on any atom is -0.374 e. The molecule has 2 N–H and O–H groups in total. The zero-order chi connectivity index (χ0) is 21.1. The van der Waals surface area contributed by atoms with Gasteiger partial charge < -0.3 is 20.3 Å². The Morgan fingerprint density at radius 3 is 2.53 bits per heavy atom. The van der Waals surface area contributed by atoms with Crippen molar-refractivity contribution < 1.29 is 9.13 Å². The molecule has 2 aromatic rings. The van der Waals surface area contributed by atoms with Crippen LogP contribution in [-0.2, 0) is 17.8 Å². The van der Waals surface area contributed by atoms with Gasteiger partial charge in [-0.05, 0) is 50.7 Å². The lowest BCUT2D eigenvalue weighted by atomic mass is 10.1. The van der Waals surface area contributed by atoms with Crippen LogP contribution in [0, 0.1) is 5.82 Å². The number of ether oxygens (including phenoxy) is 1. The van der Waals surface area contributed by atoms with Gasteiger partial charge in [-0.2, -0.15) is 0 Å². The van der Waals surface area contributed by atoms with Crippen LogP contribution in [0.2, 0.25) is 0 Å². The summed E-state index contributed by atoms with van der Waals surface area (Å²) in [4.78, 5) is 6.20. The number of hydrogen-bond acceptors (Lipinski definition) is 3. The van der Waals surface area contributed by atoms with Crippen LogP contribution in [0.15, 0.2) is 53.5 Å². The molecular formula is C23H34FIN4O. The summed E-state index contributed by atoms with van der Waals surface area (Å²) in [6.07, 6.45) is 0.963. The molecule has 0 saturated carbocycles. The Hall–Kier alpha value is -1.71. The molecule has 166 valence electrons. The minimum atomic E-state index is -0.172. The van der Waals surface area contributed by atoms with Crippen LogP contribution in [0.5, 0.6) is 0 Å². The molecule has 1 unspecified atom stereocenters. The maximum absolute atomic E-state index is 13.9. The van der Waals surface area contributed by atoms with E-state index in [0.717, 1.165) is 24.5 Å². The Morgan fingerprint density at radius 1 is 1.13 bits per heavy atom. The summed E-state index contributed by atoms with van der Waals surface area (Å²) in [6, 6.07) is 15.4. The molecular weight excluding hydrogens is 494 g/mol. The summed E-state index contributed by atoms with van der Waals surface area (Å²) in [5, 5.41) is 6.56. The van der Waals surface area contributed by atoms with Crippen LogP contribution in [0.1, 0.15) is 36.1 Å². The molecule has 0 bridgehead atoms. The number of halogens is 2. The third-order valence-electron chi connectivity index (χ3n) is 4.53. The van der Waals surface area contributed by atoms with Gasteiger partial charge in [-0.25, -0.2) is 4.39 Å². The summed E-state index contributed by atoms with van der Waals surface area (Å²) in [6.45, 7) is 4.66. The van der Waals surface area contributed by atoms with Gasteiger partial charge in [-0.15, -0.1) is 24.0 Å². The quantitative estimate of drug-likeness (QED) is 0.209. The van der Waals surface area contributed by atoms with Crippen molar-refractivity contribution in [2.24, 2.45) is 4.99 Å². The summed E-state index contributed by atoms with van der Waals surface area (Å²) < 4.78 is 19.8. The lowest BCUT2D eigenvalue weighted by molar-refractivity contribution is 0.0646. The Kier molecular flexibility index (Phi) is 12.6. The third-order valence-corrected chi connectivity index (χ3v) is 4.53. The summed E-state index contributed by atoms with van der Waals surface area (Å²) in [5.74, 6) is 0.550. The Labute approximate surface area is 197 Å². The van der Waals surface area contributed by atoms with Crippen molar-refractivity contribution in [3.63, 3.8) is 0 Å². The highest BCUT2D eigenvalue weighted by atomic mass is 127. The summed E-state index contributed by atoms with van der Waals surface area (Å²) in [5.41, 5.74) is 2.90. The first-order valence-electron chi connectivity index (χ1n) is 10.0. The van der Waals surface area contributed by atoms with E-state index in [-0.39, 0.29) is 35.9 Å². The maximum Gasteiger partial charge on any atom is 0.191 e. The first-order chi connectivity index (χ1) is 14.0. The van der Waals surface area contributed by atoms with Gasteiger partial charge in [0.1, 0.15) is 5.82 Å². The fourth-order valence-corrected chi connectivity index (χ4v) is 2.97. The van der Waals surface area contributed by atoms with E-state index in [9.17, 15) is 4.39 Å². The number of hydrogen-bond donors (Lipinski definition) is 2. The molecule has 2 rings (SSSR count). The molecule has 0 saturated heterocycles. The van der Waals surface area contributed by atoms with E-state index in [0.29, 0.717) is 25.3 Å². The molecule has 1 atom stereocenters. The zero-order valence-corrected chi connectivity index (χ0v) is 20.7. The Morgan fingerprint density at radius 2 is 1.87 bits per heavy atom. The standard InChI is InChI=1S/C23H33FN4O.HI/c1-18(20-9-6-5-7-10-20)29-14-8-13-26-23(25-2)27-16-19-11-12-22(24)21(15-19)17-28(3)4;/h5-7,9-12,15,18H,8,13-14,16-17H2,1-4H3,(H2,25,26,27);1H. The smallest absolute Gasteiger partial charge is 0.191 e. The third kappa shape index (κ3) is 9.40. The van der Waals surface area contributed by atoms with Crippen molar-refractivity contribution in [1.29, 1.82) is 0 Å². The van der Waals surface area contributed by atoms with E-state index in [2.05, 4.69) is 34.7 Å². The predicted octanol–water partition coefficient (Wildman–Crippen LogP) is 4.34. The second kappa shape index (κ2) is 14.3. The minimum absolute atomic E-state index is 0. The molecule has 5 nitrogen and oxygen atoms in total. The van der Waals surface area contributed by atoms with Gasteiger partial charge in [-0.1, -0.05) is 36.4 Å². The normalized spacial score (nSPS) is 12.4. The first kappa shape index (κ1) is 26.3. The molecule has 0 heterocycles. The van der Waals surface area contributed by atoms with Gasteiger partial charge in [0.15, 0.2) is 5.96 Å². The van der Waals surface area contributed by atoms with Crippen LogP contribution in [0.3, 0.4) is 0 Å². The van der Waals surface area contributed by atoms with Gasteiger partial charge in [0.25, 0.3) is 0 Å². The predicted molar refractivity (Wildman–Crippen MR) is 133 cm³/mol. The van der Waals surface area contributed by atoms with E-state index >= 15 is 0 Å². The van der Waals surface area contributed by atoms with Gasteiger partial charge in [0, 0.05) is 38.9 Å². The molecule has 30 heavy (non-hydrogen) atoms. The van der Waals surface area contributed by atoms with E-state index < -0.39 is 0 Å². The van der Waals surface area contributed by atoms with Gasteiger partial charge in [0.2, 0.25) is 0 Å². The summed E-state index contributed by atoms with van der Waals surface area (Å²) >= 11 is 0. The SMILES string of the molecule is CN=C(NCCCOC(C)c1ccccc1)NCc1ccc(F)c(CN(C)C)c1.I. The molecule has 0 aliphatic heterocycles. The lowest BCUT2D eigenvalue weighted by Gasteiger charge is -2.15. The largest absolute Gasteiger partial charge is 0.374 e. The number of aliphatic imine (C=N–C) groups is 1. The molecule has 0 fully saturated rings. The average Bonchev–Trinajstić information content (AvgIpc) is 2.72. The molecule has 0 aliphatic carbocycles. The van der Waals surface area contributed by atoms with E-state index in [1.165, 1.54) is 11.6 Å². The molecule has 2 aromatic carbocycles.